The summed E-state index contributed by atoms with van der Waals surface area (Å²) in [6.07, 6.45) is 2.88. The van der Waals surface area contributed by atoms with Crippen molar-refractivity contribution in [2.24, 2.45) is 0 Å². The van der Waals surface area contributed by atoms with Gasteiger partial charge in [0.15, 0.2) is 0 Å². The third-order valence-electron chi connectivity index (χ3n) is 3.15. The zero-order chi connectivity index (χ0) is 11.9. The highest BCUT2D eigenvalue weighted by atomic mass is 16.3. The molecule has 0 fully saturated rings. The Bertz CT molecular complexity index is 156. The van der Waals surface area contributed by atoms with Crippen LogP contribution in [0.25, 0.3) is 0 Å². The van der Waals surface area contributed by atoms with E-state index in [2.05, 4.69) is 18.7 Å². The number of rotatable bonds is 8. The van der Waals surface area contributed by atoms with E-state index in [1.807, 2.05) is 13.8 Å². The standard InChI is InChI=1S/C12H27NO2/c1-5-11(6-2)13(8-9-14)10-12(4,15)7-3/h11,14-15H,5-10H2,1-4H3. The molecule has 0 saturated heterocycles. The quantitative estimate of drug-likeness (QED) is 0.649. The molecule has 2 N–H and O–H groups in total. The van der Waals surface area contributed by atoms with Gasteiger partial charge in [-0.15, -0.1) is 0 Å². The Hall–Kier alpha value is -0.120. The molecule has 0 aromatic carbocycles. The van der Waals surface area contributed by atoms with E-state index in [4.69, 9.17) is 5.11 Å². The summed E-state index contributed by atoms with van der Waals surface area (Å²) < 4.78 is 0. The minimum atomic E-state index is -0.641. The maximum atomic E-state index is 10.0. The molecule has 0 aromatic heterocycles. The molecule has 3 heteroatoms. The molecule has 0 bridgehead atoms. The van der Waals surface area contributed by atoms with Crippen LogP contribution >= 0.6 is 0 Å². The molecule has 1 unspecified atom stereocenters. The van der Waals surface area contributed by atoms with Gasteiger partial charge >= 0.3 is 0 Å². The predicted molar refractivity (Wildman–Crippen MR) is 63.9 cm³/mol. The van der Waals surface area contributed by atoms with Gasteiger partial charge < -0.3 is 10.2 Å². The van der Waals surface area contributed by atoms with E-state index in [1.54, 1.807) is 0 Å². The third-order valence-corrected chi connectivity index (χ3v) is 3.15. The van der Waals surface area contributed by atoms with Gasteiger partial charge in [-0.05, 0) is 26.2 Å². The molecule has 15 heavy (non-hydrogen) atoms. The van der Waals surface area contributed by atoms with Crippen LogP contribution in [0.4, 0.5) is 0 Å². The highest BCUT2D eigenvalue weighted by Crippen LogP contribution is 2.16. The zero-order valence-electron chi connectivity index (χ0n) is 10.7. The Kier molecular flexibility index (Phi) is 7.14. The lowest BCUT2D eigenvalue weighted by Crippen LogP contribution is -2.46. The second kappa shape index (κ2) is 7.20. The number of nitrogens with zero attached hydrogens (tertiary/aromatic N) is 1. The van der Waals surface area contributed by atoms with Crippen LogP contribution in [-0.4, -0.2) is 46.5 Å². The molecule has 0 aliphatic rings. The van der Waals surface area contributed by atoms with Crippen LogP contribution in [0.3, 0.4) is 0 Å². The minimum absolute atomic E-state index is 0.163. The van der Waals surface area contributed by atoms with Gasteiger partial charge in [0, 0.05) is 19.1 Å². The second-order valence-corrected chi connectivity index (χ2v) is 4.51. The first-order valence-corrected chi connectivity index (χ1v) is 6.08. The van der Waals surface area contributed by atoms with Crippen LogP contribution < -0.4 is 0 Å². The van der Waals surface area contributed by atoms with E-state index in [-0.39, 0.29) is 6.61 Å². The number of aliphatic hydroxyl groups excluding tert-OH is 1. The van der Waals surface area contributed by atoms with Gasteiger partial charge in [0.05, 0.1) is 12.2 Å². The van der Waals surface area contributed by atoms with Crippen LogP contribution in [0.2, 0.25) is 0 Å². The van der Waals surface area contributed by atoms with Crippen molar-refractivity contribution in [3.05, 3.63) is 0 Å². The largest absolute Gasteiger partial charge is 0.395 e. The van der Waals surface area contributed by atoms with Crippen molar-refractivity contribution in [3.63, 3.8) is 0 Å². The Morgan fingerprint density at radius 2 is 1.73 bits per heavy atom. The molecule has 0 aliphatic carbocycles. The highest BCUT2D eigenvalue weighted by molar-refractivity contribution is 4.79. The van der Waals surface area contributed by atoms with Crippen LogP contribution in [0, 0.1) is 0 Å². The van der Waals surface area contributed by atoms with Crippen LogP contribution in [0.15, 0.2) is 0 Å². The van der Waals surface area contributed by atoms with Crippen molar-refractivity contribution >= 4 is 0 Å². The van der Waals surface area contributed by atoms with E-state index < -0.39 is 5.60 Å². The average molecular weight is 217 g/mol. The summed E-state index contributed by atoms with van der Waals surface area (Å²) in [6, 6.07) is 0.468. The SMILES string of the molecule is CCC(CC)N(CCO)CC(C)(O)CC. The van der Waals surface area contributed by atoms with Gasteiger partial charge in [-0.2, -0.15) is 0 Å². The van der Waals surface area contributed by atoms with E-state index >= 15 is 0 Å². The molecule has 0 radical (unpaired) electrons. The van der Waals surface area contributed by atoms with Crippen molar-refractivity contribution in [1.82, 2.24) is 4.90 Å². The second-order valence-electron chi connectivity index (χ2n) is 4.51. The summed E-state index contributed by atoms with van der Waals surface area (Å²) in [5.41, 5.74) is -0.641. The summed E-state index contributed by atoms with van der Waals surface area (Å²) in [5, 5.41) is 19.1. The molecular weight excluding hydrogens is 190 g/mol. The fourth-order valence-electron chi connectivity index (χ4n) is 1.87. The fraction of sp³-hybridized carbons (Fsp3) is 1.00. The molecule has 92 valence electrons. The summed E-state index contributed by atoms with van der Waals surface area (Å²) >= 11 is 0. The third kappa shape index (κ3) is 5.50. The molecule has 1 atom stereocenters. The topological polar surface area (TPSA) is 43.7 Å². The van der Waals surface area contributed by atoms with E-state index in [9.17, 15) is 5.11 Å². The average Bonchev–Trinajstić information content (AvgIpc) is 2.19. The van der Waals surface area contributed by atoms with Gasteiger partial charge in [-0.1, -0.05) is 20.8 Å². The molecule has 0 aromatic rings. The number of hydrogen-bond donors (Lipinski definition) is 2. The van der Waals surface area contributed by atoms with Gasteiger partial charge in [0.25, 0.3) is 0 Å². The predicted octanol–water partition coefficient (Wildman–Crippen LogP) is 1.63. The first kappa shape index (κ1) is 14.9. The lowest BCUT2D eigenvalue weighted by molar-refractivity contribution is -0.00339. The lowest BCUT2D eigenvalue weighted by Gasteiger charge is -2.35. The van der Waals surface area contributed by atoms with Gasteiger partial charge in [0.2, 0.25) is 0 Å². The Morgan fingerprint density at radius 3 is 2.07 bits per heavy atom. The molecule has 0 amide bonds. The van der Waals surface area contributed by atoms with Crippen LogP contribution in [-0.2, 0) is 0 Å². The smallest absolute Gasteiger partial charge is 0.0743 e. The summed E-state index contributed by atoms with van der Waals surface area (Å²) in [4.78, 5) is 2.20. The van der Waals surface area contributed by atoms with Crippen molar-refractivity contribution in [3.8, 4) is 0 Å². The highest BCUT2D eigenvalue weighted by Gasteiger charge is 2.24. The molecule has 0 spiro atoms. The van der Waals surface area contributed by atoms with Crippen LogP contribution in [0.1, 0.15) is 47.0 Å². The molecular formula is C12H27NO2. The Morgan fingerprint density at radius 1 is 1.20 bits per heavy atom. The molecule has 0 heterocycles. The van der Waals surface area contributed by atoms with Gasteiger partial charge in [-0.3, -0.25) is 4.90 Å². The number of aliphatic hydroxyl groups is 2. The number of hydrogen-bond acceptors (Lipinski definition) is 3. The summed E-state index contributed by atoms with van der Waals surface area (Å²) in [6.45, 7) is 9.62. The maximum Gasteiger partial charge on any atom is 0.0743 e. The Balaban J connectivity index is 4.37. The summed E-state index contributed by atoms with van der Waals surface area (Å²) in [5.74, 6) is 0. The van der Waals surface area contributed by atoms with Crippen molar-refractivity contribution in [2.45, 2.75) is 58.6 Å². The van der Waals surface area contributed by atoms with E-state index in [1.165, 1.54) is 0 Å². The zero-order valence-corrected chi connectivity index (χ0v) is 10.7. The monoisotopic (exact) mass is 217 g/mol. The first-order chi connectivity index (χ1) is 7.00. The molecule has 0 rings (SSSR count). The van der Waals surface area contributed by atoms with Crippen molar-refractivity contribution in [2.75, 3.05) is 19.7 Å². The molecule has 0 aliphatic heterocycles. The van der Waals surface area contributed by atoms with E-state index in [0.29, 0.717) is 19.1 Å². The lowest BCUT2D eigenvalue weighted by atomic mass is 10.0. The summed E-state index contributed by atoms with van der Waals surface area (Å²) in [7, 11) is 0. The molecule has 3 nitrogen and oxygen atoms in total. The minimum Gasteiger partial charge on any atom is -0.395 e. The first-order valence-electron chi connectivity index (χ1n) is 6.08. The molecule has 0 saturated carbocycles. The van der Waals surface area contributed by atoms with Crippen molar-refractivity contribution < 1.29 is 10.2 Å². The van der Waals surface area contributed by atoms with Gasteiger partial charge in [-0.25, -0.2) is 0 Å². The van der Waals surface area contributed by atoms with Gasteiger partial charge in [0.1, 0.15) is 0 Å². The maximum absolute atomic E-state index is 10.0. The normalized spacial score (nSPS) is 16.0. The fourth-order valence-corrected chi connectivity index (χ4v) is 1.87. The van der Waals surface area contributed by atoms with Crippen LogP contribution in [0.5, 0.6) is 0 Å². The van der Waals surface area contributed by atoms with E-state index in [0.717, 1.165) is 19.3 Å². The Labute approximate surface area is 94.1 Å². The van der Waals surface area contributed by atoms with Crippen molar-refractivity contribution in [1.29, 1.82) is 0 Å².